The largest absolute Gasteiger partial charge is 0.352 e. The molecule has 2 aliphatic rings. The first-order valence-electron chi connectivity index (χ1n) is 9.60. The summed E-state index contributed by atoms with van der Waals surface area (Å²) in [4.78, 5) is 14.9. The third-order valence-electron chi connectivity index (χ3n) is 5.33. The van der Waals surface area contributed by atoms with Crippen LogP contribution >= 0.6 is 0 Å². The molecule has 2 N–H and O–H groups in total. The maximum atomic E-state index is 12.4. The van der Waals surface area contributed by atoms with E-state index in [9.17, 15) is 4.79 Å². The Hall–Kier alpha value is -1.39. The molecule has 1 aromatic carbocycles. The summed E-state index contributed by atoms with van der Waals surface area (Å²) in [6.07, 6.45) is 7.46. The van der Waals surface area contributed by atoms with Gasteiger partial charge in [-0.1, -0.05) is 37.1 Å². The van der Waals surface area contributed by atoms with Crippen molar-refractivity contribution in [3.8, 4) is 0 Å². The number of likely N-dealkylation sites (tertiary alicyclic amines) is 1. The summed E-state index contributed by atoms with van der Waals surface area (Å²) in [5.41, 5.74) is 2.63. The second-order valence-electron chi connectivity index (χ2n) is 7.22. The van der Waals surface area contributed by atoms with Crippen LogP contribution in [0, 0.1) is 5.92 Å². The van der Waals surface area contributed by atoms with Crippen LogP contribution in [-0.2, 0) is 17.9 Å². The molecule has 2 heterocycles. The molecule has 132 valence electrons. The number of hydrogen-bond donors (Lipinski definition) is 2. The van der Waals surface area contributed by atoms with Gasteiger partial charge >= 0.3 is 0 Å². The van der Waals surface area contributed by atoms with Crippen molar-refractivity contribution in [1.29, 1.82) is 0 Å². The third-order valence-corrected chi connectivity index (χ3v) is 5.33. The molecule has 1 atom stereocenters. The highest BCUT2D eigenvalue weighted by Gasteiger charge is 2.20. The quantitative estimate of drug-likeness (QED) is 0.873. The zero-order valence-electron chi connectivity index (χ0n) is 14.7. The van der Waals surface area contributed by atoms with Crippen molar-refractivity contribution in [2.24, 2.45) is 5.92 Å². The van der Waals surface area contributed by atoms with Gasteiger partial charge in [0, 0.05) is 19.6 Å². The molecule has 0 radical (unpaired) electrons. The van der Waals surface area contributed by atoms with Crippen molar-refractivity contribution in [2.75, 3.05) is 26.2 Å². The van der Waals surface area contributed by atoms with E-state index in [1.54, 1.807) is 0 Å². The first-order chi connectivity index (χ1) is 11.8. The molecule has 3 rings (SSSR count). The fourth-order valence-corrected chi connectivity index (χ4v) is 3.82. The second kappa shape index (κ2) is 9.19. The van der Waals surface area contributed by atoms with Gasteiger partial charge in [0.2, 0.25) is 5.91 Å². The average molecular weight is 329 g/mol. The lowest BCUT2D eigenvalue weighted by molar-refractivity contribution is -0.125. The van der Waals surface area contributed by atoms with E-state index in [0.717, 1.165) is 32.5 Å². The Morgan fingerprint density at radius 1 is 1.08 bits per heavy atom. The summed E-state index contributed by atoms with van der Waals surface area (Å²) in [6, 6.07) is 8.57. The van der Waals surface area contributed by atoms with Crippen LogP contribution in [0.1, 0.15) is 49.7 Å². The van der Waals surface area contributed by atoms with Crippen LogP contribution in [0.3, 0.4) is 0 Å². The monoisotopic (exact) mass is 329 g/mol. The number of amides is 1. The second-order valence-corrected chi connectivity index (χ2v) is 7.22. The Morgan fingerprint density at radius 2 is 1.83 bits per heavy atom. The average Bonchev–Trinajstić information content (AvgIpc) is 2.90. The van der Waals surface area contributed by atoms with Gasteiger partial charge in [0.15, 0.2) is 0 Å². The fraction of sp³-hybridized carbons (Fsp3) is 0.650. The molecular weight excluding hydrogens is 298 g/mol. The predicted octanol–water partition coefficient (Wildman–Crippen LogP) is 2.68. The maximum Gasteiger partial charge on any atom is 0.224 e. The minimum Gasteiger partial charge on any atom is -0.352 e. The van der Waals surface area contributed by atoms with Gasteiger partial charge in [-0.05, 0) is 56.4 Å². The number of piperidine rings is 1. The molecule has 0 saturated carbocycles. The molecule has 2 fully saturated rings. The number of nitrogens with one attached hydrogen (secondary N) is 2. The summed E-state index contributed by atoms with van der Waals surface area (Å²) in [7, 11) is 0. The molecule has 2 aliphatic heterocycles. The van der Waals surface area contributed by atoms with E-state index in [0.29, 0.717) is 6.54 Å². The van der Waals surface area contributed by atoms with Gasteiger partial charge < -0.3 is 10.6 Å². The standard InChI is InChI=1S/C20H31N3O/c24-20(18-10-7-11-21-14-18)22-15-17-8-3-4-9-19(17)16-23-12-5-1-2-6-13-23/h3-4,8-9,18,21H,1-2,5-7,10-16H2,(H,22,24). The topological polar surface area (TPSA) is 44.4 Å². The molecule has 4 nitrogen and oxygen atoms in total. The Bertz CT molecular complexity index is 517. The lowest BCUT2D eigenvalue weighted by Gasteiger charge is -2.23. The first-order valence-corrected chi connectivity index (χ1v) is 9.60. The molecule has 1 aromatic rings. The molecule has 1 unspecified atom stereocenters. The van der Waals surface area contributed by atoms with Crippen molar-refractivity contribution in [1.82, 2.24) is 15.5 Å². The van der Waals surface area contributed by atoms with E-state index in [4.69, 9.17) is 0 Å². The van der Waals surface area contributed by atoms with Gasteiger partial charge in [-0.3, -0.25) is 9.69 Å². The number of carbonyl (C=O) groups is 1. The lowest BCUT2D eigenvalue weighted by atomic mass is 9.98. The molecule has 0 bridgehead atoms. The van der Waals surface area contributed by atoms with Crippen molar-refractivity contribution >= 4 is 5.91 Å². The van der Waals surface area contributed by atoms with E-state index in [1.807, 2.05) is 0 Å². The molecule has 4 heteroatoms. The van der Waals surface area contributed by atoms with Crippen molar-refractivity contribution in [3.05, 3.63) is 35.4 Å². The Labute approximate surface area is 146 Å². The number of carbonyl (C=O) groups excluding carboxylic acids is 1. The summed E-state index contributed by atoms with van der Waals surface area (Å²) >= 11 is 0. The molecule has 24 heavy (non-hydrogen) atoms. The van der Waals surface area contributed by atoms with Crippen molar-refractivity contribution in [3.63, 3.8) is 0 Å². The van der Waals surface area contributed by atoms with Gasteiger partial charge in [0.05, 0.1) is 5.92 Å². The molecule has 0 aliphatic carbocycles. The highest BCUT2D eigenvalue weighted by molar-refractivity contribution is 5.79. The SMILES string of the molecule is O=C(NCc1ccccc1CN1CCCCCC1)C1CCCNC1. The summed E-state index contributed by atoms with van der Waals surface area (Å²) < 4.78 is 0. The Balaban J connectivity index is 1.56. The zero-order valence-corrected chi connectivity index (χ0v) is 14.7. The predicted molar refractivity (Wildman–Crippen MR) is 97.6 cm³/mol. The first kappa shape index (κ1) is 17.4. The van der Waals surface area contributed by atoms with Crippen LogP contribution in [0.2, 0.25) is 0 Å². The smallest absolute Gasteiger partial charge is 0.224 e. The molecular formula is C20H31N3O. The van der Waals surface area contributed by atoms with Gasteiger partial charge in [0.25, 0.3) is 0 Å². The summed E-state index contributed by atoms with van der Waals surface area (Å²) in [6.45, 7) is 5.93. The van der Waals surface area contributed by atoms with Crippen LogP contribution in [0.5, 0.6) is 0 Å². The van der Waals surface area contributed by atoms with E-state index in [1.165, 1.54) is 49.9 Å². The third kappa shape index (κ3) is 5.05. The van der Waals surface area contributed by atoms with Gasteiger partial charge in [0.1, 0.15) is 0 Å². The lowest BCUT2D eigenvalue weighted by Crippen LogP contribution is -2.40. The van der Waals surface area contributed by atoms with Crippen LogP contribution in [0.15, 0.2) is 24.3 Å². The summed E-state index contributed by atoms with van der Waals surface area (Å²) in [5.74, 6) is 0.336. The Kier molecular flexibility index (Phi) is 6.67. The van der Waals surface area contributed by atoms with Crippen LogP contribution in [0.4, 0.5) is 0 Å². The zero-order chi connectivity index (χ0) is 16.6. The van der Waals surface area contributed by atoms with E-state index in [-0.39, 0.29) is 11.8 Å². The highest BCUT2D eigenvalue weighted by atomic mass is 16.1. The summed E-state index contributed by atoms with van der Waals surface area (Å²) in [5, 5.41) is 6.48. The number of rotatable bonds is 5. The maximum absolute atomic E-state index is 12.4. The highest BCUT2D eigenvalue weighted by Crippen LogP contribution is 2.17. The number of hydrogen-bond acceptors (Lipinski definition) is 3. The van der Waals surface area contributed by atoms with E-state index < -0.39 is 0 Å². The van der Waals surface area contributed by atoms with Gasteiger partial charge in [-0.2, -0.15) is 0 Å². The van der Waals surface area contributed by atoms with Crippen LogP contribution in [-0.4, -0.2) is 37.0 Å². The number of nitrogens with zero attached hydrogens (tertiary/aromatic N) is 1. The Morgan fingerprint density at radius 3 is 2.54 bits per heavy atom. The number of benzene rings is 1. The fourth-order valence-electron chi connectivity index (χ4n) is 3.82. The van der Waals surface area contributed by atoms with E-state index >= 15 is 0 Å². The van der Waals surface area contributed by atoms with Gasteiger partial charge in [-0.15, -0.1) is 0 Å². The van der Waals surface area contributed by atoms with Crippen LogP contribution in [0.25, 0.3) is 0 Å². The van der Waals surface area contributed by atoms with E-state index in [2.05, 4.69) is 39.8 Å². The molecule has 1 amide bonds. The van der Waals surface area contributed by atoms with Crippen LogP contribution < -0.4 is 10.6 Å². The van der Waals surface area contributed by atoms with Crippen molar-refractivity contribution < 1.29 is 4.79 Å². The van der Waals surface area contributed by atoms with Gasteiger partial charge in [-0.25, -0.2) is 0 Å². The van der Waals surface area contributed by atoms with Crippen molar-refractivity contribution in [2.45, 2.75) is 51.6 Å². The molecule has 0 spiro atoms. The minimum atomic E-state index is 0.136. The molecule has 2 saturated heterocycles. The normalized spacial score (nSPS) is 22.8. The molecule has 0 aromatic heterocycles. The minimum absolute atomic E-state index is 0.136.